The molecular weight excluding hydrogens is 324 g/mol. The van der Waals surface area contributed by atoms with Crippen LogP contribution in [0.2, 0.25) is 0 Å². The van der Waals surface area contributed by atoms with E-state index in [-0.39, 0.29) is 5.12 Å². The van der Waals surface area contributed by atoms with Gasteiger partial charge in [-0.1, -0.05) is 113 Å². The number of hydrogen-bond donors (Lipinski definition) is 0. The monoisotopic (exact) mass is 356 g/mol. The average Bonchev–Trinajstić information content (AvgIpc) is 2.65. The van der Waals surface area contributed by atoms with Gasteiger partial charge < -0.3 is 0 Å². The van der Waals surface area contributed by atoms with Gasteiger partial charge in [0.1, 0.15) is 0 Å². The van der Waals surface area contributed by atoms with Crippen molar-refractivity contribution in [2.75, 3.05) is 5.75 Å². The first kappa shape index (κ1) is 20.0. The zero-order valence-electron chi connectivity index (χ0n) is 15.6. The highest BCUT2D eigenvalue weighted by atomic mass is 32.2. The standard InChI is InChI=1S/C23H32OS/c1-2-3-4-5-6-7-8-9-10-13-19-25-23(24)22-18-14-16-20-15-11-12-17-21(20)22/h11-12,14-18H,2-10,13,19H2,1H3. The van der Waals surface area contributed by atoms with Crippen LogP contribution in [0.4, 0.5) is 0 Å². The van der Waals surface area contributed by atoms with Crippen LogP contribution < -0.4 is 0 Å². The minimum Gasteiger partial charge on any atom is -0.282 e. The third-order valence-corrected chi connectivity index (χ3v) is 5.72. The van der Waals surface area contributed by atoms with Gasteiger partial charge in [0.2, 0.25) is 5.12 Å². The van der Waals surface area contributed by atoms with E-state index < -0.39 is 0 Å². The molecule has 0 saturated carbocycles. The van der Waals surface area contributed by atoms with Gasteiger partial charge in [-0.2, -0.15) is 0 Å². The highest BCUT2D eigenvalue weighted by Crippen LogP contribution is 2.23. The Balaban J connectivity index is 1.58. The van der Waals surface area contributed by atoms with Crippen molar-refractivity contribution < 1.29 is 4.79 Å². The van der Waals surface area contributed by atoms with E-state index in [1.54, 1.807) is 0 Å². The normalized spacial score (nSPS) is 11.1. The predicted molar refractivity (Wildman–Crippen MR) is 113 cm³/mol. The van der Waals surface area contributed by atoms with Crippen molar-refractivity contribution in [1.82, 2.24) is 0 Å². The molecule has 0 amide bonds. The van der Waals surface area contributed by atoms with Gasteiger partial charge >= 0.3 is 0 Å². The summed E-state index contributed by atoms with van der Waals surface area (Å²) >= 11 is 1.48. The van der Waals surface area contributed by atoms with E-state index in [1.165, 1.54) is 69.5 Å². The molecule has 0 bridgehead atoms. The highest BCUT2D eigenvalue weighted by Gasteiger charge is 2.09. The molecule has 2 aromatic rings. The fraction of sp³-hybridized carbons (Fsp3) is 0.522. The lowest BCUT2D eigenvalue weighted by Gasteiger charge is -2.05. The van der Waals surface area contributed by atoms with Crippen molar-refractivity contribution >= 4 is 27.6 Å². The largest absolute Gasteiger partial charge is 0.282 e. The summed E-state index contributed by atoms with van der Waals surface area (Å²) in [4.78, 5) is 12.5. The lowest BCUT2D eigenvalue weighted by Crippen LogP contribution is -1.96. The molecule has 0 fully saturated rings. The first-order valence-corrected chi connectivity index (χ1v) is 11.0. The lowest BCUT2D eigenvalue weighted by molar-refractivity contribution is 0.109. The zero-order chi connectivity index (χ0) is 17.7. The van der Waals surface area contributed by atoms with Crippen LogP contribution in [0.1, 0.15) is 81.5 Å². The molecule has 0 unspecified atom stereocenters. The van der Waals surface area contributed by atoms with Gasteiger partial charge in [-0.25, -0.2) is 0 Å². The second-order valence-corrected chi connectivity index (χ2v) is 7.91. The first-order chi connectivity index (χ1) is 12.3. The molecule has 2 aromatic carbocycles. The number of rotatable bonds is 12. The van der Waals surface area contributed by atoms with Crippen molar-refractivity contribution in [3.63, 3.8) is 0 Å². The Bertz CT molecular complexity index is 630. The molecular formula is C23H32OS. The summed E-state index contributed by atoms with van der Waals surface area (Å²) in [6.45, 7) is 2.27. The third-order valence-electron chi connectivity index (χ3n) is 4.74. The number of fused-ring (bicyclic) bond motifs is 1. The second-order valence-electron chi connectivity index (χ2n) is 6.84. The molecule has 0 radical (unpaired) electrons. The molecule has 136 valence electrons. The van der Waals surface area contributed by atoms with Crippen LogP contribution in [-0.2, 0) is 0 Å². The molecule has 2 rings (SSSR count). The van der Waals surface area contributed by atoms with Crippen molar-refractivity contribution in [2.45, 2.75) is 71.1 Å². The summed E-state index contributed by atoms with van der Waals surface area (Å²) in [6, 6.07) is 14.1. The van der Waals surface area contributed by atoms with Crippen molar-refractivity contribution in [2.24, 2.45) is 0 Å². The Morgan fingerprint density at radius 1 is 0.760 bits per heavy atom. The van der Waals surface area contributed by atoms with Crippen LogP contribution in [-0.4, -0.2) is 10.9 Å². The Kier molecular flexibility index (Phi) is 9.73. The Hall–Kier alpha value is -1.28. The molecule has 1 nitrogen and oxygen atoms in total. The van der Waals surface area contributed by atoms with E-state index in [4.69, 9.17) is 0 Å². The Labute approximate surface area is 157 Å². The van der Waals surface area contributed by atoms with Crippen molar-refractivity contribution in [3.8, 4) is 0 Å². The van der Waals surface area contributed by atoms with Gasteiger partial charge in [-0.05, 0) is 23.3 Å². The molecule has 0 saturated heterocycles. The number of unbranched alkanes of at least 4 members (excludes halogenated alkanes) is 9. The van der Waals surface area contributed by atoms with Crippen LogP contribution in [0.15, 0.2) is 42.5 Å². The average molecular weight is 357 g/mol. The van der Waals surface area contributed by atoms with E-state index in [2.05, 4.69) is 19.1 Å². The lowest BCUT2D eigenvalue weighted by atomic mass is 10.1. The van der Waals surface area contributed by atoms with Crippen LogP contribution in [0.5, 0.6) is 0 Å². The van der Waals surface area contributed by atoms with Gasteiger partial charge in [-0.15, -0.1) is 0 Å². The molecule has 25 heavy (non-hydrogen) atoms. The highest BCUT2D eigenvalue weighted by molar-refractivity contribution is 8.14. The maximum absolute atomic E-state index is 12.5. The molecule has 0 heterocycles. The van der Waals surface area contributed by atoms with Gasteiger partial charge in [0.15, 0.2) is 0 Å². The minimum absolute atomic E-state index is 0.215. The topological polar surface area (TPSA) is 17.1 Å². The molecule has 0 aliphatic carbocycles. The molecule has 2 heteroatoms. The molecule has 0 N–H and O–H groups in total. The maximum Gasteiger partial charge on any atom is 0.219 e. The van der Waals surface area contributed by atoms with Crippen molar-refractivity contribution in [1.29, 1.82) is 0 Å². The zero-order valence-corrected chi connectivity index (χ0v) is 16.5. The van der Waals surface area contributed by atoms with E-state index in [9.17, 15) is 4.79 Å². The Morgan fingerprint density at radius 2 is 1.36 bits per heavy atom. The molecule has 0 atom stereocenters. The van der Waals surface area contributed by atoms with Crippen LogP contribution in [0, 0.1) is 0 Å². The summed E-state index contributed by atoms with van der Waals surface area (Å²) in [7, 11) is 0. The molecule has 0 spiro atoms. The first-order valence-electron chi connectivity index (χ1n) is 9.98. The van der Waals surface area contributed by atoms with Crippen LogP contribution in [0.25, 0.3) is 10.8 Å². The number of benzene rings is 2. The Morgan fingerprint density at radius 3 is 2.08 bits per heavy atom. The summed E-state index contributed by atoms with van der Waals surface area (Å²) in [6.07, 6.45) is 13.4. The predicted octanol–water partition coefficient (Wildman–Crippen LogP) is 7.63. The molecule has 0 aliphatic heterocycles. The number of thioether (sulfide) groups is 1. The van der Waals surface area contributed by atoms with Crippen molar-refractivity contribution in [3.05, 3.63) is 48.0 Å². The molecule has 0 aliphatic rings. The fourth-order valence-electron chi connectivity index (χ4n) is 3.24. The van der Waals surface area contributed by atoms with E-state index in [0.717, 1.165) is 28.5 Å². The summed E-state index contributed by atoms with van der Waals surface area (Å²) < 4.78 is 0. The van der Waals surface area contributed by atoms with Crippen LogP contribution >= 0.6 is 11.8 Å². The minimum atomic E-state index is 0.215. The van der Waals surface area contributed by atoms with E-state index in [1.807, 2.05) is 30.3 Å². The fourth-order valence-corrected chi connectivity index (χ4v) is 4.10. The third kappa shape index (κ3) is 7.23. The summed E-state index contributed by atoms with van der Waals surface area (Å²) in [5.74, 6) is 0.943. The van der Waals surface area contributed by atoms with E-state index >= 15 is 0 Å². The van der Waals surface area contributed by atoms with E-state index in [0.29, 0.717) is 0 Å². The van der Waals surface area contributed by atoms with Crippen LogP contribution in [0.3, 0.4) is 0 Å². The smallest absolute Gasteiger partial charge is 0.219 e. The SMILES string of the molecule is CCCCCCCCCCCCSC(=O)c1cccc2ccccc12. The number of carbonyl (C=O) groups excluding carboxylic acids is 1. The van der Waals surface area contributed by atoms with Gasteiger partial charge in [0.05, 0.1) is 0 Å². The van der Waals surface area contributed by atoms with Gasteiger partial charge in [0.25, 0.3) is 0 Å². The summed E-state index contributed by atoms with van der Waals surface area (Å²) in [5.41, 5.74) is 0.857. The number of hydrogen-bond acceptors (Lipinski definition) is 2. The maximum atomic E-state index is 12.5. The number of carbonyl (C=O) groups is 1. The quantitative estimate of drug-likeness (QED) is 0.363. The molecule has 0 aromatic heterocycles. The second kappa shape index (κ2) is 12.1. The van der Waals surface area contributed by atoms with Gasteiger partial charge in [-0.3, -0.25) is 4.79 Å². The van der Waals surface area contributed by atoms with Gasteiger partial charge in [0, 0.05) is 11.3 Å². The summed E-state index contributed by atoms with van der Waals surface area (Å²) in [5, 5.41) is 2.44.